The summed E-state index contributed by atoms with van der Waals surface area (Å²) in [6.45, 7) is 3.63. The number of amides is 2. The van der Waals surface area contributed by atoms with Crippen molar-refractivity contribution < 1.29 is 19.1 Å². The van der Waals surface area contributed by atoms with Crippen LogP contribution in [-0.4, -0.2) is 29.0 Å². The van der Waals surface area contributed by atoms with Crippen LogP contribution in [0.4, 0.5) is 9.59 Å². The molecule has 0 bridgehead atoms. The molecule has 1 atom stereocenters. The summed E-state index contributed by atoms with van der Waals surface area (Å²) >= 11 is 5.23. The Morgan fingerprint density at radius 3 is 2.63 bits per heavy atom. The van der Waals surface area contributed by atoms with Crippen LogP contribution in [0.1, 0.15) is 25.5 Å². The van der Waals surface area contributed by atoms with Crippen LogP contribution in [0.3, 0.4) is 0 Å². The number of hydrogen-bond acceptors (Lipinski definition) is 4. The minimum atomic E-state index is -0.894. The molecular formula is C13H14ClNO4. The molecule has 0 saturated heterocycles. The number of carbonyl (C=O) groups excluding carboxylic acids is 2. The van der Waals surface area contributed by atoms with Gasteiger partial charge in [0.25, 0.3) is 0 Å². The van der Waals surface area contributed by atoms with Crippen LogP contribution in [0.15, 0.2) is 24.3 Å². The first-order valence-corrected chi connectivity index (χ1v) is 6.12. The molecule has 1 unspecified atom stereocenters. The van der Waals surface area contributed by atoms with Gasteiger partial charge in [-0.2, -0.15) is 0 Å². The smallest absolute Gasteiger partial charge is 0.417 e. The van der Waals surface area contributed by atoms with Gasteiger partial charge in [-0.15, -0.1) is 0 Å². The zero-order valence-electron chi connectivity index (χ0n) is 10.8. The molecule has 0 spiro atoms. The van der Waals surface area contributed by atoms with Crippen LogP contribution in [0.5, 0.6) is 5.75 Å². The third-order valence-corrected chi connectivity index (χ3v) is 3.22. The van der Waals surface area contributed by atoms with Gasteiger partial charge >= 0.3 is 11.5 Å². The predicted octanol–water partition coefficient (Wildman–Crippen LogP) is 3.33. The SMILES string of the molecule is CN(C(=O)Cl)C(=O)OC1c2ccccc2OC1(C)C. The van der Waals surface area contributed by atoms with Crippen molar-refractivity contribution in [2.75, 3.05) is 7.05 Å². The van der Waals surface area contributed by atoms with E-state index in [1.807, 2.05) is 32.0 Å². The van der Waals surface area contributed by atoms with Gasteiger partial charge in [0.15, 0.2) is 6.10 Å². The summed E-state index contributed by atoms with van der Waals surface area (Å²) in [4.78, 5) is 23.4. The molecule has 1 heterocycles. The molecule has 19 heavy (non-hydrogen) atoms. The lowest BCUT2D eigenvalue weighted by molar-refractivity contribution is -0.0200. The Morgan fingerprint density at radius 2 is 2.00 bits per heavy atom. The van der Waals surface area contributed by atoms with Gasteiger partial charge in [0.2, 0.25) is 0 Å². The fourth-order valence-electron chi connectivity index (χ4n) is 1.96. The topological polar surface area (TPSA) is 55.8 Å². The van der Waals surface area contributed by atoms with Crippen molar-refractivity contribution in [3.05, 3.63) is 29.8 Å². The number of para-hydroxylation sites is 1. The highest BCUT2D eigenvalue weighted by Gasteiger charge is 2.44. The van der Waals surface area contributed by atoms with E-state index >= 15 is 0 Å². The molecule has 1 aromatic rings. The maximum absolute atomic E-state index is 11.8. The van der Waals surface area contributed by atoms with Crippen molar-refractivity contribution in [2.24, 2.45) is 0 Å². The first-order valence-electron chi connectivity index (χ1n) is 5.74. The first kappa shape index (κ1) is 13.7. The van der Waals surface area contributed by atoms with Crippen molar-refractivity contribution in [3.8, 4) is 5.75 Å². The van der Waals surface area contributed by atoms with E-state index in [0.717, 1.165) is 5.56 Å². The molecule has 0 radical (unpaired) electrons. The van der Waals surface area contributed by atoms with Gasteiger partial charge in [-0.3, -0.25) is 4.79 Å². The van der Waals surface area contributed by atoms with Crippen LogP contribution in [0.2, 0.25) is 0 Å². The number of carbonyl (C=O) groups is 2. The Balaban J connectivity index is 2.24. The minimum absolute atomic E-state index is 0.588. The molecule has 0 N–H and O–H groups in total. The van der Waals surface area contributed by atoms with Crippen molar-refractivity contribution >= 4 is 23.1 Å². The quantitative estimate of drug-likeness (QED) is 0.586. The minimum Gasteiger partial charge on any atom is -0.483 e. The largest absolute Gasteiger partial charge is 0.483 e. The zero-order valence-corrected chi connectivity index (χ0v) is 11.6. The van der Waals surface area contributed by atoms with E-state index in [-0.39, 0.29) is 0 Å². The van der Waals surface area contributed by atoms with Gasteiger partial charge in [-0.25, -0.2) is 9.69 Å². The highest BCUT2D eigenvalue weighted by atomic mass is 35.5. The summed E-state index contributed by atoms with van der Waals surface area (Å²) in [5.74, 6) is 0.671. The second-order valence-electron chi connectivity index (χ2n) is 4.82. The third kappa shape index (κ3) is 2.51. The van der Waals surface area contributed by atoms with Crippen LogP contribution in [0.25, 0.3) is 0 Å². The summed E-state index contributed by atoms with van der Waals surface area (Å²) in [6, 6.07) is 7.31. The fourth-order valence-corrected chi connectivity index (χ4v) is 2.03. The normalized spacial score (nSPS) is 19.3. The molecule has 5 nitrogen and oxygen atoms in total. The molecule has 1 aliphatic rings. The van der Waals surface area contributed by atoms with Crippen molar-refractivity contribution in [1.82, 2.24) is 4.90 Å². The molecule has 2 rings (SSSR count). The molecule has 0 saturated carbocycles. The van der Waals surface area contributed by atoms with Crippen molar-refractivity contribution in [3.63, 3.8) is 0 Å². The average molecular weight is 284 g/mol. The number of benzene rings is 1. The molecule has 1 aromatic carbocycles. The van der Waals surface area contributed by atoms with E-state index < -0.39 is 23.2 Å². The Morgan fingerprint density at radius 1 is 1.37 bits per heavy atom. The summed E-state index contributed by atoms with van der Waals surface area (Å²) in [5, 5.41) is -0.894. The number of hydrogen-bond donors (Lipinski definition) is 0. The van der Waals surface area contributed by atoms with E-state index in [0.29, 0.717) is 10.6 Å². The fraction of sp³-hybridized carbons (Fsp3) is 0.385. The molecule has 1 aliphatic heterocycles. The summed E-state index contributed by atoms with van der Waals surface area (Å²) in [6.07, 6.45) is -1.40. The third-order valence-electron chi connectivity index (χ3n) is 2.96. The first-order chi connectivity index (χ1) is 8.83. The van der Waals surface area contributed by atoms with Crippen molar-refractivity contribution in [2.45, 2.75) is 25.6 Å². The van der Waals surface area contributed by atoms with Crippen LogP contribution < -0.4 is 4.74 Å². The van der Waals surface area contributed by atoms with E-state index in [4.69, 9.17) is 21.1 Å². The number of ether oxygens (including phenoxy) is 2. The highest BCUT2D eigenvalue weighted by Crippen LogP contribution is 2.45. The highest BCUT2D eigenvalue weighted by molar-refractivity contribution is 6.63. The number of rotatable bonds is 1. The Hall–Kier alpha value is -1.75. The molecule has 0 fully saturated rings. The molecular weight excluding hydrogens is 270 g/mol. The molecule has 6 heteroatoms. The van der Waals surface area contributed by atoms with Crippen LogP contribution >= 0.6 is 11.6 Å². The maximum Gasteiger partial charge on any atom is 0.417 e. The maximum atomic E-state index is 11.8. The second kappa shape index (κ2) is 4.74. The summed E-state index contributed by atoms with van der Waals surface area (Å²) in [5.41, 5.74) is 0.0755. The lowest BCUT2D eigenvalue weighted by atomic mass is 9.97. The summed E-state index contributed by atoms with van der Waals surface area (Å²) < 4.78 is 11.1. The molecule has 102 valence electrons. The Bertz CT molecular complexity index is 529. The monoisotopic (exact) mass is 283 g/mol. The van der Waals surface area contributed by atoms with Crippen LogP contribution in [0, 0.1) is 0 Å². The second-order valence-corrected chi connectivity index (χ2v) is 5.14. The molecule has 0 aliphatic carbocycles. The van der Waals surface area contributed by atoms with Crippen molar-refractivity contribution in [1.29, 1.82) is 0 Å². The number of nitrogens with zero attached hydrogens (tertiary/aromatic N) is 1. The molecule has 0 aromatic heterocycles. The Labute approximate surface area is 116 Å². The zero-order chi connectivity index (χ0) is 14.2. The standard InChI is InChI=1S/C13H14ClNO4/c1-13(2)10(18-12(17)15(3)11(14)16)8-6-4-5-7-9(8)19-13/h4-7,10H,1-3H3. The lowest BCUT2D eigenvalue weighted by Gasteiger charge is -2.27. The summed E-state index contributed by atoms with van der Waals surface area (Å²) in [7, 11) is 1.26. The van der Waals surface area contributed by atoms with Gasteiger partial charge in [0.05, 0.1) is 0 Å². The van der Waals surface area contributed by atoms with Gasteiger partial charge in [-0.05, 0) is 31.5 Å². The molecule has 2 amide bonds. The Kier molecular flexibility index (Phi) is 3.41. The average Bonchev–Trinajstić information content (AvgIpc) is 2.59. The van der Waals surface area contributed by atoms with Gasteiger partial charge in [0.1, 0.15) is 11.4 Å². The number of fused-ring (bicyclic) bond motifs is 1. The van der Waals surface area contributed by atoms with Gasteiger partial charge < -0.3 is 9.47 Å². The van der Waals surface area contributed by atoms with E-state index in [2.05, 4.69) is 0 Å². The number of halogens is 1. The lowest BCUT2D eigenvalue weighted by Crippen LogP contribution is -2.37. The van der Waals surface area contributed by atoms with Gasteiger partial charge in [0, 0.05) is 12.6 Å². The predicted molar refractivity (Wildman–Crippen MR) is 69.4 cm³/mol. The van der Waals surface area contributed by atoms with Gasteiger partial charge in [-0.1, -0.05) is 18.2 Å². The van der Waals surface area contributed by atoms with E-state index in [9.17, 15) is 9.59 Å². The van der Waals surface area contributed by atoms with Crippen LogP contribution in [-0.2, 0) is 4.74 Å². The van der Waals surface area contributed by atoms with E-state index in [1.165, 1.54) is 7.05 Å². The van der Waals surface area contributed by atoms with E-state index in [1.54, 1.807) is 6.07 Å². The number of imide groups is 1.